The number of nitrogens with one attached hydrogen (secondary N) is 1. The largest absolute Gasteiger partial charge is 0.480 e. The van der Waals surface area contributed by atoms with Crippen molar-refractivity contribution < 1.29 is 18.3 Å². The van der Waals surface area contributed by atoms with Crippen LogP contribution in [0, 0.1) is 0 Å². The first-order valence-corrected chi connectivity index (χ1v) is 12.9. The summed E-state index contributed by atoms with van der Waals surface area (Å²) in [5, 5.41) is 11.6. The Morgan fingerprint density at radius 1 is 1.03 bits per heavy atom. The second-order valence-corrected chi connectivity index (χ2v) is 10.0. The molecule has 186 valence electrons. The maximum atomic E-state index is 13.5. The Hall–Kier alpha value is -3.50. The maximum Gasteiger partial charge on any atom is 0.322 e. The van der Waals surface area contributed by atoms with Gasteiger partial charge in [-0.15, -0.1) is 0 Å². The van der Waals surface area contributed by atoms with Gasteiger partial charge < -0.3 is 15.3 Å². The number of nitrogens with zero attached hydrogens (tertiary/aromatic N) is 4. The van der Waals surface area contributed by atoms with E-state index in [-0.39, 0.29) is 24.7 Å². The number of benzene rings is 1. The highest BCUT2D eigenvalue weighted by Gasteiger charge is 2.26. The molecule has 0 spiro atoms. The molecular formula is C25H31N5O4S. The summed E-state index contributed by atoms with van der Waals surface area (Å²) in [6.07, 6.45) is 3.66. The maximum absolute atomic E-state index is 13.5. The van der Waals surface area contributed by atoms with Crippen LogP contribution >= 0.6 is 0 Å². The number of unbranched alkanes of at least 4 members (excludes halogenated alkanes) is 1. The van der Waals surface area contributed by atoms with Gasteiger partial charge in [-0.1, -0.05) is 37.6 Å². The first kappa shape index (κ1) is 26.1. The van der Waals surface area contributed by atoms with E-state index in [1.807, 2.05) is 31.3 Å². The van der Waals surface area contributed by atoms with E-state index in [0.29, 0.717) is 11.5 Å². The lowest BCUT2D eigenvalue weighted by molar-refractivity contribution is -0.134. The highest BCUT2D eigenvalue weighted by atomic mass is 32.2. The Kier molecular flexibility index (Phi) is 9.16. The quantitative estimate of drug-likeness (QED) is 0.368. The van der Waals surface area contributed by atoms with Gasteiger partial charge >= 0.3 is 5.97 Å². The Morgan fingerprint density at radius 2 is 1.80 bits per heavy atom. The van der Waals surface area contributed by atoms with Gasteiger partial charge in [0.1, 0.15) is 12.4 Å². The molecule has 0 fully saturated rings. The third-order valence-electron chi connectivity index (χ3n) is 5.39. The number of pyridine rings is 2. The van der Waals surface area contributed by atoms with Gasteiger partial charge in [-0.2, -0.15) is 4.31 Å². The van der Waals surface area contributed by atoms with Crippen molar-refractivity contribution in [2.45, 2.75) is 37.9 Å². The molecule has 0 amide bonds. The van der Waals surface area contributed by atoms with Gasteiger partial charge in [-0.25, -0.2) is 18.4 Å². The van der Waals surface area contributed by atoms with Gasteiger partial charge in [-0.05, 0) is 48.4 Å². The zero-order valence-electron chi connectivity index (χ0n) is 20.0. The smallest absolute Gasteiger partial charge is 0.322 e. The SMILES string of the molecule is CCCCN(C)c1ccc(CN(Cc2cccc(NCC(=O)O)n2)S(=O)(=O)c2ccccn2)cc1. The van der Waals surface area contributed by atoms with Gasteiger partial charge in [0.05, 0.1) is 12.2 Å². The van der Waals surface area contributed by atoms with E-state index in [0.717, 1.165) is 30.6 Å². The van der Waals surface area contributed by atoms with Crippen LogP contribution in [0.5, 0.6) is 0 Å². The van der Waals surface area contributed by atoms with E-state index < -0.39 is 16.0 Å². The van der Waals surface area contributed by atoms with Gasteiger partial charge in [0.2, 0.25) is 0 Å². The molecule has 0 unspecified atom stereocenters. The van der Waals surface area contributed by atoms with Crippen LogP contribution in [-0.2, 0) is 27.9 Å². The minimum atomic E-state index is -3.92. The number of carbonyl (C=O) groups is 1. The number of sulfonamides is 1. The highest BCUT2D eigenvalue weighted by molar-refractivity contribution is 7.89. The molecule has 0 aliphatic rings. The summed E-state index contributed by atoms with van der Waals surface area (Å²) in [4.78, 5) is 21.5. The van der Waals surface area contributed by atoms with Crippen LogP contribution in [-0.4, -0.2) is 53.9 Å². The zero-order chi connectivity index (χ0) is 25.3. The molecule has 0 aliphatic carbocycles. The average molecular weight is 498 g/mol. The number of carboxylic acid groups (broad SMARTS) is 1. The normalized spacial score (nSPS) is 11.4. The first-order valence-electron chi connectivity index (χ1n) is 11.4. The third-order valence-corrected chi connectivity index (χ3v) is 7.10. The van der Waals surface area contributed by atoms with Crippen molar-refractivity contribution in [3.8, 4) is 0 Å². The van der Waals surface area contributed by atoms with Crippen LogP contribution in [0.2, 0.25) is 0 Å². The topological polar surface area (TPSA) is 116 Å². The molecule has 35 heavy (non-hydrogen) atoms. The number of carboxylic acids is 1. The summed E-state index contributed by atoms with van der Waals surface area (Å²) >= 11 is 0. The van der Waals surface area contributed by atoms with E-state index in [1.54, 1.807) is 30.3 Å². The first-order chi connectivity index (χ1) is 16.8. The molecule has 0 aliphatic heterocycles. The molecule has 10 heteroatoms. The van der Waals surface area contributed by atoms with E-state index in [1.165, 1.54) is 16.6 Å². The molecule has 0 bridgehead atoms. The van der Waals surface area contributed by atoms with Gasteiger partial charge in [0.15, 0.2) is 5.03 Å². The Bertz CT molecular complexity index is 1200. The van der Waals surface area contributed by atoms with Crippen molar-refractivity contribution >= 4 is 27.5 Å². The zero-order valence-corrected chi connectivity index (χ0v) is 20.8. The third kappa shape index (κ3) is 7.49. The molecule has 1 aromatic carbocycles. The fraction of sp³-hybridized carbons (Fsp3) is 0.320. The summed E-state index contributed by atoms with van der Waals surface area (Å²) in [7, 11) is -1.88. The van der Waals surface area contributed by atoms with E-state index >= 15 is 0 Å². The number of hydrogen-bond donors (Lipinski definition) is 2. The molecule has 3 rings (SSSR count). The van der Waals surface area contributed by atoms with Crippen LogP contribution in [0.25, 0.3) is 0 Å². The monoisotopic (exact) mass is 497 g/mol. The molecule has 3 aromatic rings. The summed E-state index contributed by atoms with van der Waals surface area (Å²) in [6, 6.07) is 17.6. The number of rotatable bonds is 13. The van der Waals surface area contributed by atoms with Crippen LogP contribution in [0.4, 0.5) is 11.5 Å². The van der Waals surface area contributed by atoms with Crippen LogP contribution in [0.15, 0.2) is 71.9 Å². The molecule has 9 nitrogen and oxygen atoms in total. The van der Waals surface area contributed by atoms with Crippen molar-refractivity contribution in [3.63, 3.8) is 0 Å². The number of anilines is 2. The second kappa shape index (κ2) is 12.3. The molecule has 0 saturated heterocycles. The molecule has 0 saturated carbocycles. The molecular weight excluding hydrogens is 466 g/mol. The number of hydrogen-bond acceptors (Lipinski definition) is 7. The van der Waals surface area contributed by atoms with Crippen molar-refractivity contribution in [2.24, 2.45) is 0 Å². The second-order valence-electron chi connectivity index (χ2n) is 8.14. The number of aliphatic carboxylic acids is 1. The minimum Gasteiger partial charge on any atom is -0.480 e. The van der Waals surface area contributed by atoms with Crippen molar-refractivity contribution in [2.75, 3.05) is 30.4 Å². The van der Waals surface area contributed by atoms with Crippen LogP contribution in [0.3, 0.4) is 0 Å². The Balaban J connectivity index is 1.86. The average Bonchev–Trinajstić information content (AvgIpc) is 2.87. The van der Waals surface area contributed by atoms with Crippen molar-refractivity contribution in [1.29, 1.82) is 0 Å². The predicted octanol–water partition coefficient (Wildman–Crippen LogP) is 3.60. The van der Waals surface area contributed by atoms with E-state index in [9.17, 15) is 13.2 Å². The lowest BCUT2D eigenvalue weighted by Crippen LogP contribution is -2.31. The molecule has 2 N–H and O–H groups in total. The molecule has 0 radical (unpaired) electrons. The van der Waals surface area contributed by atoms with Crippen molar-refractivity contribution in [3.05, 3.63) is 78.1 Å². The fourth-order valence-electron chi connectivity index (χ4n) is 3.45. The molecule has 2 heterocycles. The van der Waals surface area contributed by atoms with Crippen LogP contribution in [0.1, 0.15) is 31.0 Å². The Labute approximate surface area is 206 Å². The van der Waals surface area contributed by atoms with E-state index in [4.69, 9.17) is 5.11 Å². The summed E-state index contributed by atoms with van der Waals surface area (Å²) < 4.78 is 28.3. The number of aromatic nitrogens is 2. The van der Waals surface area contributed by atoms with Crippen molar-refractivity contribution in [1.82, 2.24) is 14.3 Å². The van der Waals surface area contributed by atoms with Gasteiger partial charge in [0, 0.05) is 32.0 Å². The van der Waals surface area contributed by atoms with Gasteiger partial charge in [-0.3, -0.25) is 4.79 Å². The van der Waals surface area contributed by atoms with E-state index in [2.05, 4.69) is 27.1 Å². The minimum absolute atomic E-state index is 0.000344. The fourth-order valence-corrected chi connectivity index (χ4v) is 4.79. The summed E-state index contributed by atoms with van der Waals surface area (Å²) in [5.74, 6) is -0.653. The molecule has 2 aromatic heterocycles. The Morgan fingerprint density at radius 3 is 2.46 bits per heavy atom. The highest BCUT2D eigenvalue weighted by Crippen LogP contribution is 2.22. The predicted molar refractivity (Wildman–Crippen MR) is 136 cm³/mol. The van der Waals surface area contributed by atoms with Gasteiger partial charge in [0.25, 0.3) is 10.0 Å². The summed E-state index contributed by atoms with van der Waals surface area (Å²) in [6.45, 7) is 2.95. The lowest BCUT2D eigenvalue weighted by atomic mass is 10.2. The van der Waals surface area contributed by atoms with Crippen LogP contribution < -0.4 is 10.2 Å². The lowest BCUT2D eigenvalue weighted by Gasteiger charge is -2.23. The standard InChI is InChI=1S/C25H31N5O4S/c1-3-4-16-29(2)22-13-11-20(12-14-22)18-30(35(33,34)24-10-5-6-15-26-24)19-21-8-7-9-23(28-21)27-17-25(31)32/h5-15H,3-4,16-19H2,1-2H3,(H,27,28)(H,31,32). The molecule has 0 atom stereocenters. The summed E-state index contributed by atoms with van der Waals surface area (Å²) in [5.41, 5.74) is 2.38.